The molecule has 0 aliphatic heterocycles. The summed E-state index contributed by atoms with van der Waals surface area (Å²) in [6.07, 6.45) is 6.94. The van der Waals surface area contributed by atoms with Crippen molar-refractivity contribution in [3.63, 3.8) is 0 Å². The molecular formula is C22H23N3O3. The molecule has 6 nitrogen and oxygen atoms in total. The van der Waals surface area contributed by atoms with Gasteiger partial charge in [0.1, 0.15) is 5.82 Å². The van der Waals surface area contributed by atoms with Crippen LogP contribution in [0, 0.1) is 6.92 Å². The second-order valence-electron chi connectivity index (χ2n) is 6.18. The summed E-state index contributed by atoms with van der Waals surface area (Å²) in [5.41, 5.74) is 2.92. The minimum atomic E-state index is -0.163. The number of aryl methyl sites for hydroxylation is 1. The summed E-state index contributed by atoms with van der Waals surface area (Å²) in [5, 5.41) is 2.89. The number of nitrogens with one attached hydrogen (secondary N) is 1. The SMILES string of the molecule is COc1ccc(/C=C/C(=O)NCc2ccc(-n3ccnc3C)cc2)cc1OC. The van der Waals surface area contributed by atoms with E-state index in [9.17, 15) is 4.79 Å². The van der Waals surface area contributed by atoms with Gasteiger partial charge >= 0.3 is 0 Å². The zero-order valence-corrected chi connectivity index (χ0v) is 16.2. The van der Waals surface area contributed by atoms with Crippen LogP contribution in [0.1, 0.15) is 17.0 Å². The Kier molecular flexibility index (Phi) is 6.11. The van der Waals surface area contributed by atoms with E-state index in [1.54, 1.807) is 32.6 Å². The minimum Gasteiger partial charge on any atom is -0.493 e. The first-order chi connectivity index (χ1) is 13.6. The number of hydrogen-bond donors (Lipinski definition) is 1. The molecule has 0 saturated heterocycles. The number of carbonyl (C=O) groups is 1. The van der Waals surface area contributed by atoms with Gasteiger partial charge in [-0.15, -0.1) is 0 Å². The smallest absolute Gasteiger partial charge is 0.244 e. The maximum atomic E-state index is 12.1. The Labute approximate surface area is 164 Å². The topological polar surface area (TPSA) is 65.4 Å². The van der Waals surface area contributed by atoms with Crippen LogP contribution in [-0.2, 0) is 11.3 Å². The van der Waals surface area contributed by atoms with Crippen molar-refractivity contribution >= 4 is 12.0 Å². The van der Waals surface area contributed by atoms with Crippen molar-refractivity contribution in [3.05, 3.63) is 77.9 Å². The number of rotatable bonds is 7. The molecule has 3 aromatic rings. The highest BCUT2D eigenvalue weighted by molar-refractivity contribution is 5.91. The molecule has 2 aromatic carbocycles. The van der Waals surface area contributed by atoms with Gasteiger partial charge in [0.2, 0.25) is 5.91 Å². The first kappa shape index (κ1) is 19.2. The Morgan fingerprint density at radius 3 is 2.50 bits per heavy atom. The summed E-state index contributed by atoms with van der Waals surface area (Å²) in [4.78, 5) is 16.3. The third-order valence-corrected chi connectivity index (χ3v) is 4.34. The van der Waals surface area contributed by atoms with Gasteiger partial charge in [-0.25, -0.2) is 4.98 Å². The fourth-order valence-electron chi connectivity index (χ4n) is 2.80. The number of methoxy groups -OCH3 is 2. The lowest BCUT2D eigenvalue weighted by Gasteiger charge is -2.08. The summed E-state index contributed by atoms with van der Waals surface area (Å²) in [5.74, 6) is 2.04. The van der Waals surface area contributed by atoms with E-state index in [2.05, 4.69) is 10.3 Å². The molecule has 1 heterocycles. The molecule has 144 valence electrons. The first-order valence-corrected chi connectivity index (χ1v) is 8.88. The van der Waals surface area contributed by atoms with Gasteiger partial charge in [-0.1, -0.05) is 18.2 Å². The van der Waals surface area contributed by atoms with Gasteiger partial charge in [-0.05, 0) is 48.4 Å². The van der Waals surface area contributed by atoms with E-state index in [-0.39, 0.29) is 5.91 Å². The molecule has 0 bridgehead atoms. The molecule has 28 heavy (non-hydrogen) atoms. The highest BCUT2D eigenvalue weighted by atomic mass is 16.5. The van der Waals surface area contributed by atoms with Crippen molar-refractivity contribution in [3.8, 4) is 17.2 Å². The molecule has 0 aliphatic rings. The predicted molar refractivity (Wildman–Crippen MR) is 109 cm³/mol. The predicted octanol–water partition coefficient (Wildman–Crippen LogP) is 3.53. The van der Waals surface area contributed by atoms with Crippen molar-refractivity contribution in [2.45, 2.75) is 13.5 Å². The summed E-state index contributed by atoms with van der Waals surface area (Å²) in [6.45, 7) is 2.41. The third-order valence-electron chi connectivity index (χ3n) is 4.34. The molecule has 0 saturated carbocycles. The second kappa shape index (κ2) is 8.90. The number of aromatic nitrogens is 2. The molecule has 0 aliphatic carbocycles. The number of imidazole rings is 1. The second-order valence-corrected chi connectivity index (χ2v) is 6.18. The monoisotopic (exact) mass is 377 g/mol. The fourth-order valence-corrected chi connectivity index (χ4v) is 2.80. The molecule has 1 N–H and O–H groups in total. The van der Waals surface area contributed by atoms with E-state index in [0.717, 1.165) is 22.6 Å². The van der Waals surface area contributed by atoms with Crippen molar-refractivity contribution < 1.29 is 14.3 Å². The van der Waals surface area contributed by atoms with Crippen LogP contribution in [0.15, 0.2) is 60.9 Å². The molecule has 0 spiro atoms. The van der Waals surface area contributed by atoms with Gasteiger partial charge in [0.25, 0.3) is 0 Å². The molecule has 6 heteroatoms. The van der Waals surface area contributed by atoms with Gasteiger partial charge in [0.05, 0.1) is 14.2 Å². The van der Waals surface area contributed by atoms with Gasteiger partial charge in [-0.2, -0.15) is 0 Å². The van der Waals surface area contributed by atoms with Gasteiger partial charge < -0.3 is 19.4 Å². The fraction of sp³-hybridized carbons (Fsp3) is 0.182. The lowest BCUT2D eigenvalue weighted by Crippen LogP contribution is -2.20. The number of hydrogen-bond acceptors (Lipinski definition) is 4. The van der Waals surface area contributed by atoms with Gasteiger partial charge in [0, 0.05) is 30.7 Å². The van der Waals surface area contributed by atoms with Crippen LogP contribution in [0.2, 0.25) is 0 Å². The molecule has 0 unspecified atom stereocenters. The molecule has 0 radical (unpaired) electrons. The van der Waals surface area contributed by atoms with E-state index in [1.807, 2.05) is 54.1 Å². The highest BCUT2D eigenvalue weighted by Gasteiger charge is 2.04. The number of carbonyl (C=O) groups excluding carboxylic acids is 1. The van der Waals surface area contributed by atoms with E-state index in [1.165, 1.54) is 6.08 Å². The average Bonchev–Trinajstić information content (AvgIpc) is 3.16. The largest absolute Gasteiger partial charge is 0.493 e. The summed E-state index contributed by atoms with van der Waals surface area (Å²) >= 11 is 0. The Morgan fingerprint density at radius 1 is 1.11 bits per heavy atom. The van der Waals surface area contributed by atoms with E-state index in [4.69, 9.17) is 9.47 Å². The minimum absolute atomic E-state index is 0.163. The molecule has 0 atom stereocenters. The molecule has 0 fully saturated rings. The Hall–Kier alpha value is -3.54. The lowest BCUT2D eigenvalue weighted by molar-refractivity contribution is -0.116. The molecular weight excluding hydrogens is 354 g/mol. The third kappa shape index (κ3) is 4.59. The lowest BCUT2D eigenvalue weighted by atomic mass is 10.2. The maximum absolute atomic E-state index is 12.1. The normalized spacial score (nSPS) is 10.8. The van der Waals surface area contributed by atoms with E-state index >= 15 is 0 Å². The standard InChI is InChI=1S/C22H23N3O3/c1-16-23-12-13-25(16)19-8-4-18(5-9-19)15-24-22(26)11-7-17-6-10-20(27-2)21(14-17)28-3/h4-14H,15H2,1-3H3,(H,24,26)/b11-7+. The summed E-state index contributed by atoms with van der Waals surface area (Å²) < 4.78 is 12.5. The van der Waals surface area contributed by atoms with Crippen molar-refractivity contribution in [2.75, 3.05) is 14.2 Å². The van der Waals surface area contributed by atoms with Crippen molar-refractivity contribution in [2.24, 2.45) is 0 Å². The molecule has 1 aromatic heterocycles. The average molecular weight is 377 g/mol. The van der Waals surface area contributed by atoms with Crippen LogP contribution in [0.25, 0.3) is 11.8 Å². The van der Waals surface area contributed by atoms with Crippen LogP contribution < -0.4 is 14.8 Å². The zero-order valence-electron chi connectivity index (χ0n) is 16.2. The van der Waals surface area contributed by atoms with E-state index < -0.39 is 0 Å². The first-order valence-electron chi connectivity index (χ1n) is 8.88. The van der Waals surface area contributed by atoms with E-state index in [0.29, 0.717) is 18.0 Å². The number of nitrogens with zero attached hydrogens (tertiary/aromatic N) is 2. The van der Waals surface area contributed by atoms with Crippen LogP contribution in [0.4, 0.5) is 0 Å². The van der Waals surface area contributed by atoms with Crippen LogP contribution in [0.5, 0.6) is 11.5 Å². The highest BCUT2D eigenvalue weighted by Crippen LogP contribution is 2.27. The van der Waals surface area contributed by atoms with Crippen LogP contribution in [-0.4, -0.2) is 29.7 Å². The Bertz CT molecular complexity index is 975. The van der Waals surface area contributed by atoms with Crippen molar-refractivity contribution in [1.82, 2.24) is 14.9 Å². The number of benzene rings is 2. The van der Waals surface area contributed by atoms with Gasteiger partial charge in [-0.3, -0.25) is 4.79 Å². The quantitative estimate of drug-likeness (QED) is 0.640. The van der Waals surface area contributed by atoms with Crippen molar-refractivity contribution in [1.29, 1.82) is 0 Å². The zero-order chi connectivity index (χ0) is 19.9. The summed E-state index contributed by atoms with van der Waals surface area (Å²) in [6, 6.07) is 13.5. The number of ether oxygens (including phenoxy) is 2. The Balaban J connectivity index is 1.57. The Morgan fingerprint density at radius 2 is 1.86 bits per heavy atom. The van der Waals surface area contributed by atoms with Crippen LogP contribution in [0.3, 0.4) is 0 Å². The molecule has 1 amide bonds. The van der Waals surface area contributed by atoms with Gasteiger partial charge in [0.15, 0.2) is 11.5 Å². The summed E-state index contributed by atoms with van der Waals surface area (Å²) in [7, 11) is 3.17. The maximum Gasteiger partial charge on any atom is 0.244 e. The number of amides is 1. The van der Waals surface area contributed by atoms with Crippen LogP contribution >= 0.6 is 0 Å². The molecule has 3 rings (SSSR count).